The molecular formula is C15H24O2. The molecule has 0 bridgehead atoms. The number of rotatable bonds is 9. The average molecular weight is 236 g/mol. The first-order valence-electron chi connectivity index (χ1n) is 6.72. The smallest absolute Gasteiger partial charge is 0.119 e. The third-order valence-electron chi connectivity index (χ3n) is 2.65. The highest BCUT2D eigenvalue weighted by Gasteiger charge is 1.95. The van der Waals surface area contributed by atoms with E-state index in [9.17, 15) is 0 Å². The molecule has 0 aliphatic carbocycles. The van der Waals surface area contributed by atoms with Crippen molar-refractivity contribution >= 4 is 0 Å². The van der Waals surface area contributed by atoms with Crippen LogP contribution in [0.15, 0.2) is 24.3 Å². The molecule has 0 spiro atoms. The summed E-state index contributed by atoms with van der Waals surface area (Å²) in [7, 11) is 0. The van der Waals surface area contributed by atoms with Gasteiger partial charge in [0.25, 0.3) is 0 Å². The molecule has 2 heteroatoms. The molecule has 0 atom stereocenters. The van der Waals surface area contributed by atoms with Crippen molar-refractivity contribution in [2.24, 2.45) is 0 Å². The molecule has 17 heavy (non-hydrogen) atoms. The minimum absolute atomic E-state index is 0.706. The molecule has 0 aliphatic heterocycles. The van der Waals surface area contributed by atoms with Crippen LogP contribution in [0.5, 0.6) is 11.5 Å². The SMILES string of the molecule is CCCCCCCOc1ccc(OCC)cc1. The second kappa shape index (κ2) is 8.91. The summed E-state index contributed by atoms with van der Waals surface area (Å²) < 4.78 is 11.0. The predicted molar refractivity (Wildman–Crippen MR) is 71.9 cm³/mol. The molecule has 1 aromatic rings. The Morgan fingerprint density at radius 3 is 1.94 bits per heavy atom. The lowest BCUT2D eigenvalue weighted by atomic mass is 10.2. The van der Waals surface area contributed by atoms with Crippen LogP contribution in [-0.2, 0) is 0 Å². The quantitative estimate of drug-likeness (QED) is 0.590. The Bertz CT molecular complexity index is 279. The van der Waals surface area contributed by atoms with E-state index in [1.165, 1.54) is 25.7 Å². The van der Waals surface area contributed by atoms with Gasteiger partial charge in [-0.15, -0.1) is 0 Å². The molecular weight excluding hydrogens is 212 g/mol. The minimum Gasteiger partial charge on any atom is -0.494 e. The molecule has 1 aromatic carbocycles. The van der Waals surface area contributed by atoms with Crippen molar-refractivity contribution in [2.45, 2.75) is 46.0 Å². The normalized spacial score (nSPS) is 10.2. The highest BCUT2D eigenvalue weighted by Crippen LogP contribution is 2.17. The fourth-order valence-electron chi connectivity index (χ4n) is 1.69. The van der Waals surface area contributed by atoms with E-state index in [2.05, 4.69) is 6.92 Å². The molecule has 96 valence electrons. The Hall–Kier alpha value is -1.18. The van der Waals surface area contributed by atoms with Crippen LogP contribution in [0.25, 0.3) is 0 Å². The number of benzene rings is 1. The van der Waals surface area contributed by atoms with Crippen LogP contribution in [-0.4, -0.2) is 13.2 Å². The molecule has 0 N–H and O–H groups in total. The third kappa shape index (κ3) is 6.20. The van der Waals surface area contributed by atoms with Crippen molar-refractivity contribution in [1.82, 2.24) is 0 Å². The van der Waals surface area contributed by atoms with Crippen molar-refractivity contribution in [3.8, 4) is 11.5 Å². The van der Waals surface area contributed by atoms with E-state index in [-0.39, 0.29) is 0 Å². The van der Waals surface area contributed by atoms with Gasteiger partial charge in [0.1, 0.15) is 11.5 Å². The zero-order chi connectivity index (χ0) is 12.3. The van der Waals surface area contributed by atoms with Crippen molar-refractivity contribution < 1.29 is 9.47 Å². The molecule has 0 amide bonds. The van der Waals surface area contributed by atoms with Crippen LogP contribution >= 0.6 is 0 Å². The topological polar surface area (TPSA) is 18.5 Å². The molecule has 0 unspecified atom stereocenters. The van der Waals surface area contributed by atoms with Crippen molar-refractivity contribution in [1.29, 1.82) is 0 Å². The summed E-state index contributed by atoms with van der Waals surface area (Å²) in [4.78, 5) is 0. The first-order chi connectivity index (χ1) is 8.36. The molecule has 1 rings (SSSR count). The van der Waals surface area contributed by atoms with E-state index in [4.69, 9.17) is 9.47 Å². The van der Waals surface area contributed by atoms with E-state index in [1.807, 2.05) is 31.2 Å². The lowest BCUT2D eigenvalue weighted by molar-refractivity contribution is 0.302. The van der Waals surface area contributed by atoms with Crippen LogP contribution in [0.1, 0.15) is 46.0 Å². The van der Waals surface area contributed by atoms with Crippen molar-refractivity contribution in [3.63, 3.8) is 0 Å². The Morgan fingerprint density at radius 1 is 0.765 bits per heavy atom. The van der Waals surface area contributed by atoms with Crippen LogP contribution < -0.4 is 9.47 Å². The van der Waals surface area contributed by atoms with Gasteiger partial charge in [0, 0.05) is 0 Å². The summed E-state index contributed by atoms with van der Waals surface area (Å²) in [5.74, 6) is 1.84. The number of hydrogen-bond acceptors (Lipinski definition) is 2. The van der Waals surface area contributed by atoms with E-state index in [0.717, 1.165) is 24.5 Å². The molecule has 0 aliphatic rings. The Morgan fingerprint density at radius 2 is 1.35 bits per heavy atom. The lowest BCUT2D eigenvalue weighted by Gasteiger charge is -2.07. The molecule has 0 saturated heterocycles. The molecule has 0 fully saturated rings. The number of hydrogen-bond donors (Lipinski definition) is 0. The van der Waals surface area contributed by atoms with Gasteiger partial charge in [-0.05, 0) is 37.6 Å². The molecule has 2 nitrogen and oxygen atoms in total. The molecule has 0 aromatic heterocycles. The maximum absolute atomic E-state index is 5.66. The Labute approximate surface area is 105 Å². The van der Waals surface area contributed by atoms with Gasteiger partial charge in [-0.3, -0.25) is 0 Å². The van der Waals surface area contributed by atoms with Crippen LogP contribution in [0.2, 0.25) is 0 Å². The van der Waals surface area contributed by atoms with Crippen molar-refractivity contribution in [3.05, 3.63) is 24.3 Å². The van der Waals surface area contributed by atoms with Crippen LogP contribution in [0.4, 0.5) is 0 Å². The Kier molecular flexibility index (Phi) is 7.28. The average Bonchev–Trinajstić information content (AvgIpc) is 2.36. The highest BCUT2D eigenvalue weighted by atomic mass is 16.5. The summed E-state index contributed by atoms with van der Waals surface area (Å²) in [6.07, 6.45) is 6.37. The number of ether oxygens (including phenoxy) is 2. The summed E-state index contributed by atoms with van der Waals surface area (Å²) in [5, 5.41) is 0. The maximum atomic E-state index is 5.66. The van der Waals surface area contributed by atoms with Gasteiger partial charge >= 0.3 is 0 Å². The largest absolute Gasteiger partial charge is 0.494 e. The monoisotopic (exact) mass is 236 g/mol. The predicted octanol–water partition coefficient (Wildman–Crippen LogP) is 4.43. The van der Waals surface area contributed by atoms with Gasteiger partial charge in [-0.2, -0.15) is 0 Å². The fraction of sp³-hybridized carbons (Fsp3) is 0.600. The van der Waals surface area contributed by atoms with Crippen molar-refractivity contribution in [2.75, 3.05) is 13.2 Å². The van der Waals surface area contributed by atoms with Gasteiger partial charge in [0.15, 0.2) is 0 Å². The summed E-state index contributed by atoms with van der Waals surface area (Å²) in [6.45, 7) is 5.74. The summed E-state index contributed by atoms with van der Waals surface area (Å²) >= 11 is 0. The van der Waals surface area contributed by atoms with Crippen LogP contribution in [0.3, 0.4) is 0 Å². The zero-order valence-corrected chi connectivity index (χ0v) is 11.1. The fourth-order valence-corrected chi connectivity index (χ4v) is 1.69. The number of unbranched alkanes of at least 4 members (excludes halogenated alkanes) is 4. The van der Waals surface area contributed by atoms with E-state index in [1.54, 1.807) is 0 Å². The third-order valence-corrected chi connectivity index (χ3v) is 2.65. The molecule has 0 saturated carbocycles. The van der Waals surface area contributed by atoms with E-state index >= 15 is 0 Å². The second-order valence-electron chi connectivity index (χ2n) is 4.17. The standard InChI is InChI=1S/C15H24O2/c1-3-5-6-7-8-13-17-15-11-9-14(10-12-15)16-4-2/h9-12H,3-8,13H2,1-2H3. The lowest BCUT2D eigenvalue weighted by Crippen LogP contribution is -1.97. The first kappa shape index (κ1) is 13.9. The van der Waals surface area contributed by atoms with Gasteiger partial charge < -0.3 is 9.47 Å². The van der Waals surface area contributed by atoms with Crippen LogP contribution in [0, 0.1) is 0 Å². The van der Waals surface area contributed by atoms with Gasteiger partial charge in [0.2, 0.25) is 0 Å². The Balaban J connectivity index is 2.14. The summed E-state index contributed by atoms with van der Waals surface area (Å²) in [6, 6.07) is 7.85. The van der Waals surface area contributed by atoms with Gasteiger partial charge in [0.05, 0.1) is 13.2 Å². The molecule has 0 heterocycles. The first-order valence-corrected chi connectivity index (χ1v) is 6.72. The zero-order valence-electron chi connectivity index (χ0n) is 11.1. The maximum Gasteiger partial charge on any atom is 0.119 e. The van der Waals surface area contributed by atoms with Gasteiger partial charge in [-0.1, -0.05) is 32.6 Å². The minimum atomic E-state index is 0.706. The second-order valence-corrected chi connectivity index (χ2v) is 4.17. The summed E-state index contributed by atoms with van der Waals surface area (Å²) in [5.41, 5.74) is 0. The van der Waals surface area contributed by atoms with Gasteiger partial charge in [-0.25, -0.2) is 0 Å². The van der Waals surface area contributed by atoms with E-state index in [0.29, 0.717) is 6.61 Å². The highest BCUT2D eigenvalue weighted by molar-refractivity contribution is 5.31. The van der Waals surface area contributed by atoms with E-state index < -0.39 is 0 Å². The molecule has 0 radical (unpaired) electrons.